The molecule has 0 saturated carbocycles. The van der Waals surface area contributed by atoms with Crippen molar-refractivity contribution in [3.8, 4) is 5.69 Å². The number of Topliss-reactive ketones (excluding diaryl/α,β-unsaturated/α-hetero) is 1. The number of likely N-dealkylation sites (tertiary alicyclic amines) is 1. The first-order chi connectivity index (χ1) is 9.74. The number of amides is 1. The first-order valence-corrected chi connectivity index (χ1v) is 6.63. The summed E-state index contributed by atoms with van der Waals surface area (Å²) >= 11 is 0. The summed E-state index contributed by atoms with van der Waals surface area (Å²) in [4.78, 5) is 29.2. The molecule has 1 fully saturated rings. The van der Waals surface area contributed by atoms with Gasteiger partial charge >= 0.3 is 0 Å². The van der Waals surface area contributed by atoms with E-state index in [1.807, 2.05) is 35.0 Å². The molecule has 0 N–H and O–H groups in total. The number of rotatable bonds is 2. The number of hydrogen-bond donors (Lipinski definition) is 0. The maximum atomic E-state index is 12.3. The van der Waals surface area contributed by atoms with E-state index in [2.05, 4.69) is 4.98 Å². The van der Waals surface area contributed by atoms with Gasteiger partial charge in [0, 0.05) is 49.6 Å². The van der Waals surface area contributed by atoms with E-state index in [1.54, 1.807) is 17.4 Å². The molecule has 1 saturated heterocycles. The fourth-order valence-corrected chi connectivity index (χ4v) is 2.33. The molecule has 1 aromatic carbocycles. The van der Waals surface area contributed by atoms with E-state index in [4.69, 9.17) is 0 Å². The Labute approximate surface area is 116 Å². The molecule has 2 heterocycles. The molecule has 102 valence electrons. The van der Waals surface area contributed by atoms with Gasteiger partial charge < -0.3 is 9.47 Å². The van der Waals surface area contributed by atoms with Gasteiger partial charge in [-0.1, -0.05) is 0 Å². The number of piperidine rings is 1. The molecule has 0 bridgehead atoms. The number of carbonyl (C=O) groups excluding carboxylic acids is 2. The molecule has 0 atom stereocenters. The highest BCUT2D eigenvalue weighted by Gasteiger charge is 2.21. The van der Waals surface area contributed by atoms with E-state index in [1.165, 1.54) is 0 Å². The molecular weight excluding hydrogens is 254 g/mol. The van der Waals surface area contributed by atoms with Gasteiger partial charge in [0.25, 0.3) is 5.91 Å². The summed E-state index contributed by atoms with van der Waals surface area (Å²) in [5, 5.41) is 0. The van der Waals surface area contributed by atoms with Crippen LogP contribution in [0, 0.1) is 0 Å². The van der Waals surface area contributed by atoms with Crippen LogP contribution in [0.2, 0.25) is 0 Å². The molecule has 5 heteroatoms. The number of ketones is 1. The number of benzene rings is 1. The molecule has 2 aromatic rings. The van der Waals surface area contributed by atoms with Crippen LogP contribution >= 0.6 is 0 Å². The lowest BCUT2D eigenvalue weighted by Gasteiger charge is -2.26. The number of imidazole rings is 1. The van der Waals surface area contributed by atoms with Crippen molar-refractivity contribution in [1.29, 1.82) is 0 Å². The summed E-state index contributed by atoms with van der Waals surface area (Å²) in [6.07, 6.45) is 6.22. The average Bonchev–Trinajstić information content (AvgIpc) is 3.02. The van der Waals surface area contributed by atoms with Gasteiger partial charge in [-0.05, 0) is 24.3 Å². The lowest BCUT2D eigenvalue weighted by molar-refractivity contribution is -0.120. The molecule has 0 unspecified atom stereocenters. The zero-order valence-electron chi connectivity index (χ0n) is 11.0. The second kappa shape index (κ2) is 5.28. The predicted octanol–water partition coefficient (Wildman–Crippen LogP) is 1.68. The van der Waals surface area contributed by atoms with E-state index < -0.39 is 0 Å². The average molecular weight is 269 g/mol. The smallest absolute Gasteiger partial charge is 0.253 e. The molecule has 1 aromatic heterocycles. The van der Waals surface area contributed by atoms with E-state index in [0.717, 1.165) is 5.69 Å². The van der Waals surface area contributed by atoms with Crippen molar-refractivity contribution in [3.63, 3.8) is 0 Å². The second-order valence-corrected chi connectivity index (χ2v) is 4.85. The second-order valence-electron chi connectivity index (χ2n) is 4.85. The summed E-state index contributed by atoms with van der Waals surface area (Å²) < 4.78 is 1.88. The van der Waals surface area contributed by atoms with E-state index in [-0.39, 0.29) is 11.7 Å². The minimum absolute atomic E-state index is 0.00492. The summed E-state index contributed by atoms with van der Waals surface area (Å²) in [5.41, 5.74) is 1.62. The van der Waals surface area contributed by atoms with Crippen molar-refractivity contribution in [2.24, 2.45) is 0 Å². The van der Waals surface area contributed by atoms with Crippen molar-refractivity contribution < 1.29 is 9.59 Å². The van der Waals surface area contributed by atoms with Gasteiger partial charge in [0.1, 0.15) is 5.78 Å². The van der Waals surface area contributed by atoms with Gasteiger partial charge in [0.05, 0.1) is 6.33 Å². The van der Waals surface area contributed by atoms with Crippen molar-refractivity contribution in [2.45, 2.75) is 12.8 Å². The summed E-state index contributed by atoms with van der Waals surface area (Å²) in [7, 11) is 0. The number of carbonyl (C=O) groups is 2. The lowest BCUT2D eigenvalue weighted by Crippen LogP contribution is -2.38. The quantitative estimate of drug-likeness (QED) is 0.833. The minimum atomic E-state index is -0.00492. The summed E-state index contributed by atoms with van der Waals surface area (Å²) in [6.45, 7) is 1.06. The Morgan fingerprint density at radius 3 is 2.40 bits per heavy atom. The molecule has 3 rings (SSSR count). The molecule has 20 heavy (non-hydrogen) atoms. The molecule has 1 aliphatic heterocycles. The number of nitrogens with zero attached hydrogens (tertiary/aromatic N) is 3. The topological polar surface area (TPSA) is 55.2 Å². The zero-order chi connectivity index (χ0) is 13.9. The van der Waals surface area contributed by atoms with Crippen LogP contribution in [0.5, 0.6) is 0 Å². The largest absolute Gasteiger partial charge is 0.338 e. The van der Waals surface area contributed by atoms with E-state index in [9.17, 15) is 9.59 Å². The van der Waals surface area contributed by atoms with Crippen LogP contribution in [0.15, 0.2) is 43.0 Å². The monoisotopic (exact) mass is 269 g/mol. The van der Waals surface area contributed by atoms with E-state index >= 15 is 0 Å². The number of aromatic nitrogens is 2. The Morgan fingerprint density at radius 1 is 1.10 bits per heavy atom. The fourth-order valence-electron chi connectivity index (χ4n) is 2.33. The van der Waals surface area contributed by atoms with Gasteiger partial charge in [-0.15, -0.1) is 0 Å². The van der Waals surface area contributed by atoms with Crippen LogP contribution in [-0.4, -0.2) is 39.2 Å². The highest BCUT2D eigenvalue weighted by molar-refractivity contribution is 5.95. The number of hydrogen-bond acceptors (Lipinski definition) is 3. The molecule has 0 aliphatic carbocycles. The zero-order valence-corrected chi connectivity index (χ0v) is 11.0. The fraction of sp³-hybridized carbons (Fsp3) is 0.267. The van der Waals surface area contributed by atoms with Gasteiger partial charge in [-0.2, -0.15) is 0 Å². The van der Waals surface area contributed by atoms with Gasteiger partial charge in [0.15, 0.2) is 0 Å². The Bertz CT molecular complexity index is 607. The Kier molecular flexibility index (Phi) is 3.33. The van der Waals surface area contributed by atoms with Gasteiger partial charge in [0.2, 0.25) is 0 Å². The molecule has 0 radical (unpaired) electrons. The van der Waals surface area contributed by atoms with Crippen LogP contribution in [0.1, 0.15) is 23.2 Å². The van der Waals surface area contributed by atoms with Crippen LogP contribution in [0.25, 0.3) is 5.69 Å². The first kappa shape index (κ1) is 12.6. The third-order valence-electron chi connectivity index (χ3n) is 3.53. The molecule has 1 amide bonds. The first-order valence-electron chi connectivity index (χ1n) is 6.63. The Balaban J connectivity index is 1.74. The van der Waals surface area contributed by atoms with Gasteiger partial charge in [-0.3, -0.25) is 9.59 Å². The maximum absolute atomic E-state index is 12.3. The third-order valence-corrected chi connectivity index (χ3v) is 3.53. The van der Waals surface area contributed by atoms with Gasteiger partial charge in [-0.25, -0.2) is 4.98 Å². The highest BCUT2D eigenvalue weighted by atomic mass is 16.2. The Morgan fingerprint density at radius 2 is 1.80 bits per heavy atom. The molecule has 5 nitrogen and oxygen atoms in total. The minimum Gasteiger partial charge on any atom is -0.338 e. The normalized spacial score (nSPS) is 15.4. The summed E-state index contributed by atoms with van der Waals surface area (Å²) in [5.74, 6) is 0.235. The van der Waals surface area contributed by atoms with Crippen molar-refractivity contribution in [1.82, 2.24) is 14.5 Å². The predicted molar refractivity (Wildman–Crippen MR) is 73.7 cm³/mol. The molecule has 0 spiro atoms. The third kappa shape index (κ3) is 2.47. The summed E-state index contributed by atoms with van der Waals surface area (Å²) in [6, 6.07) is 7.41. The van der Waals surface area contributed by atoms with Crippen molar-refractivity contribution in [2.75, 3.05) is 13.1 Å². The van der Waals surface area contributed by atoms with Crippen molar-refractivity contribution in [3.05, 3.63) is 48.5 Å². The molecule has 1 aliphatic rings. The van der Waals surface area contributed by atoms with Crippen molar-refractivity contribution >= 4 is 11.7 Å². The maximum Gasteiger partial charge on any atom is 0.253 e. The van der Waals surface area contributed by atoms with Crippen LogP contribution < -0.4 is 0 Å². The Hall–Kier alpha value is -2.43. The van der Waals surface area contributed by atoms with Crippen LogP contribution in [0.4, 0.5) is 0 Å². The van der Waals surface area contributed by atoms with Crippen LogP contribution in [0.3, 0.4) is 0 Å². The molecular formula is C15H15N3O2. The van der Waals surface area contributed by atoms with E-state index in [0.29, 0.717) is 31.5 Å². The SMILES string of the molecule is O=C1CCN(C(=O)c2ccc(-n3ccnc3)cc2)CC1. The standard InChI is InChI=1S/C15H15N3O2/c19-14-5-8-17(9-6-14)15(20)12-1-3-13(4-2-12)18-10-7-16-11-18/h1-4,7,10-11H,5-6,8-9H2. The lowest BCUT2D eigenvalue weighted by atomic mass is 10.1. The highest BCUT2D eigenvalue weighted by Crippen LogP contribution is 2.14. The van der Waals surface area contributed by atoms with Crippen LogP contribution in [-0.2, 0) is 4.79 Å².